The van der Waals surface area contributed by atoms with Gasteiger partial charge >= 0.3 is 5.97 Å². The molecule has 0 bridgehead atoms. The Labute approximate surface area is 122 Å². The average Bonchev–Trinajstić information content (AvgIpc) is 2.42. The maximum absolute atomic E-state index is 12.0. The lowest BCUT2D eigenvalue weighted by Crippen LogP contribution is -2.45. The summed E-state index contributed by atoms with van der Waals surface area (Å²) in [5.74, 6) is -0.0979. The first-order valence-electron chi connectivity index (χ1n) is 6.72. The maximum Gasteiger partial charge on any atom is 0.323 e. The van der Waals surface area contributed by atoms with Gasteiger partial charge in [0.15, 0.2) is 0 Å². The Morgan fingerprint density at radius 3 is 3.05 bits per heavy atom. The first kappa shape index (κ1) is 14.5. The molecular weight excluding hydrogens is 308 g/mol. The van der Waals surface area contributed by atoms with Crippen LogP contribution in [-0.2, 0) is 16.1 Å². The number of aromatic nitrogens is 1. The summed E-state index contributed by atoms with van der Waals surface area (Å²) in [4.78, 5) is 18.5. The standard InChI is InChI=1S/C14H19BrN2O2/c1-2-19-14(18)13-5-3-4-8-17(13)10-12-7-6-11(15)9-16-12/h6-7,9,13H,2-5,8,10H2,1H3. The number of carbonyl (C=O) groups is 1. The molecule has 19 heavy (non-hydrogen) atoms. The van der Waals surface area contributed by atoms with E-state index >= 15 is 0 Å². The first-order chi connectivity index (χ1) is 9.20. The Kier molecular flexibility index (Phi) is 5.34. The second-order valence-electron chi connectivity index (χ2n) is 4.70. The molecule has 0 spiro atoms. The summed E-state index contributed by atoms with van der Waals surface area (Å²) in [6.45, 7) is 3.93. The summed E-state index contributed by atoms with van der Waals surface area (Å²) in [5.41, 5.74) is 0.986. The number of piperidine rings is 1. The number of carbonyl (C=O) groups excluding carboxylic acids is 1. The molecule has 1 fully saturated rings. The summed E-state index contributed by atoms with van der Waals surface area (Å²) in [6.07, 6.45) is 4.90. The van der Waals surface area contributed by atoms with Crippen LogP contribution in [0.4, 0.5) is 0 Å². The van der Waals surface area contributed by atoms with Gasteiger partial charge < -0.3 is 4.74 Å². The number of halogens is 1. The fourth-order valence-corrected chi connectivity index (χ4v) is 2.63. The number of ether oxygens (including phenoxy) is 1. The van der Waals surface area contributed by atoms with Crippen LogP contribution < -0.4 is 0 Å². The van der Waals surface area contributed by atoms with Gasteiger partial charge in [0.05, 0.1) is 12.3 Å². The third kappa shape index (κ3) is 4.01. The van der Waals surface area contributed by atoms with Crippen LogP contribution in [0.15, 0.2) is 22.8 Å². The number of hydrogen-bond donors (Lipinski definition) is 0. The predicted octanol–water partition coefficient (Wildman–Crippen LogP) is 2.76. The smallest absolute Gasteiger partial charge is 0.323 e. The molecule has 2 rings (SSSR count). The van der Waals surface area contributed by atoms with Crippen molar-refractivity contribution in [3.05, 3.63) is 28.5 Å². The minimum absolute atomic E-state index is 0.0979. The van der Waals surface area contributed by atoms with E-state index in [2.05, 4.69) is 25.8 Å². The maximum atomic E-state index is 12.0. The molecule has 0 radical (unpaired) electrons. The molecule has 0 saturated carbocycles. The molecule has 0 amide bonds. The molecule has 1 aromatic heterocycles. The highest BCUT2D eigenvalue weighted by Crippen LogP contribution is 2.20. The molecule has 1 saturated heterocycles. The molecule has 1 atom stereocenters. The molecule has 5 heteroatoms. The molecule has 2 heterocycles. The van der Waals surface area contributed by atoms with Gasteiger partial charge in [-0.1, -0.05) is 6.42 Å². The van der Waals surface area contributed by atoms with Crippen LogP contribution in [0.3, 0.4) is 0 Å². The lowest BCUT2D eigenvalue weighted by Gasteiger charge is -2.33. The van der Waals surface area contributed by atoms with Crippen molar-refractivity contribution in [1.29, 1.82) is 0 Å². The molecule has 4 nitrogen and oxygen atoms in total. The van der Waals surface area contributed by atoms with Crippen molar-refractivity contribution in [1.82, 2.24) is 9.88 Å². The molecular formula is C14H19BrN2O2. The third-order valence-electron chi connectivity index (χ3n) is 3.33. The number of hydrogen-bond acceptors (Lipinski definition) is 4. The Morgan fingerprint density at radius 1 is 1.53 bits per heavy atom. The zero-order valence-electron chi connectivity index (χ0n) is 11.1. The van der Waals surface area contributed by atoms with Crippen LogP contribution in [0.1, 0.15) is 31.9 Å². The van der Waals surface area contributed by atoms with Crippen LogP contribution in [0.5, 0.6) is 0 Å². The van der Waals surface area contributed by atoms with Gasteiger partial charge in [-0.2, -0.15) is 0 Å². The van der Waals surface area contributed by atoms with Gasteiger partial charge in [0.25, 0.3) is 0 Å². The van der Waals surface area contributed by atoms with E-state index in [0.29, 0.717) is 13.2 Å². The largest absolute Gasteiger partial charge is 0.465 e. The van der Waals surface area contributed by atoms with Crippen molar-refractivity contribution in [2.24, 2.45) is 0 Å². The Morgan fingerprint density at radius 2 is 2.37 bits per heavy atom. The van der Waals surface area contributed by atoms with Crippen LogP contribution in [0, 0.1) is 0 Å². The molecule has 0 aromatic carbocycles. The first-order valence-corrected chi connectivity index (χ1v) is 7.51. The predicted molar refractivity (Wildman–Crippen MR) is 76.6 cm³/mol. The van der Waals surface area contributed by atoms with Gasteiger partial charge in [-0.05, 0) is 54.4 Å². The Balaban J connectivity index is 2.03. The Bertz CT molecular complexity index is 422. The minimum Gasteiger partial charge on any atom is -0.465 e. The quantitative estimate of drug-likeness (QED) is 0.798. The number of likely N-dealkylation sites (tertiary alicyclic amines) is 1. The fourth-order valence-electron chi connectivity index (χ4n) is 2.39. The highest BCUT2D eigenvalue weighted by molar-refractivity contribution is 9.10. The van der Waals surface area contributed by atoms with E-state index in [-0.39, 0.29) is 12.0 Å². The summed E-state index contributed by atoms with van der Waals surface area (Å²) in [6, 6.07) is 3.85. The van der Waals surface area contributed by atoms with E-state index in [1.165, 1.54) is 0 Å². The number of nitrogens with zero attached hydrogens (tertiary/aromatic N) is 2. The summed E-state index contributed by atoms with van der Waals surface area (Å²) < 4.78 is 6.13. The number of pyridine rings is 1. The zero-order valence-corrected chi connectivity index (χ0v) is 12.7. The third-order valence-corrected chi connectivity index (χ3v) is 3.80. The number of rotatable bonds is 4. The van der Waals surface area contributed by atoms with Crippen molar-refractivity contribution in [3.63, 3.8) is 0 Å². The molecule has 0 N–H and O–H groups in total. The van der Waals surface area contributed by atoms with Gasteiger partial charge in [0.1, 0.15) is 6.04 Å². The highest BCUT2D eigenvalue weighted by Gasteiger charge is 2.29. The molecule has 1 aliphatic rings. The summed E-state index contributed by atoms with van der Waals surface area (Å²) in [7, 11) is 0. The van der Waals surface area contributed by atoms with Crippen molar-refractivity contribution in [3.8, 4) is 0 Å². The van der Waals surface area contributed by atoms with E-state index in [1.807, 2.05) is 19.1 Å². The van der Waals surface area contributed by atoms with Crippen molar-refractivity contribution >= 4 is 21.9 Å². The molecule has 0 aliphatic carbocycles. The van der Waals surface area contributed by atoms with Gasteiger partial charge in [-0.15, -0.1) is 0 Å². The molecule has 1 unspecified atom stereocenters. The van der Waals surface area contributed by atoms with Crippen molar-refractivity contribution < 1.29 is 9.53 Å². The van der Waals surface area contributed by atoms with E-state index in [1.54, 1.807) is 6.20 Å². The van der Waals surface area contributed by atoms with Crippen LogP contribution >= 0.6 is 15.9 Å². The topological polar surface area (TPSA) is 42.4 Å². The lowest BCUT2D eigenvalue weighted by molar-refractivity contribution is -0.151. The lowest BCUT2D eigenvalue weighted by atomic mass is 10.0. The van der Waals surface area contributed by atoms with Gasteiger partial charge in [-0.25, -0.2) is 0 Å². The Hall–Kier alpha value is -0.940. The van der Waals surface area contributed by atoms with Crippen molar-refractivity contribution in [2.75, 3.05) is 13.2 Å². The van der Waals surface area contributed by atoms with Gasteiger partial charge in [0.2, 0.25) is 0 Å². The zero-order chi connectivity index (χ0) is 13.7. The fraction of sp³-hybridized carbons (Fsp3) is 0.571. The molecule has 1 aliphatic heterocycles. The van der Waals surface area contributed by atoms with Crippen LogP contribution in [0.2, 0.25) is 0 Å². The summed E-state index contributed by atoms with van der Waals surface area (Å²) in [5, 5.41) is 0. The van der Waals surface area contributed by atoms with E-state index < -0.39 is 0 Å². The highest BCUT2D eigenvalue weighted by atomic mass is 79.9. The summed E-state index contributed by atoms with van der Waals surface area (Å²) >= 11 is 3.38. The van der Waals surface area contributed by atoms with Crippen LogP contribution in [0.25, 0.3) is 0 Å². The van der Waals surface area contributed by atoms with Gasteiger partial charge in [0, 0.05) is 17.2 Å². The van der Waals surface area contributed by atoms with E-state index in [0.717, 1.165) is 36.0 Å². The normalized spacial score (nSPS) is 20.2. The molecule has 1 aromatic rings. The average molecular weight is 327 g/mol. The van der Waals surface area contributed by atoms with E-state index in [4.69, 9.17) is 4.74 Å². The van der Waals surface area contributed by atoms with Gasteiger partial charge in [-0.3, -0.25) is 14.7 Å². The SMILES string of the molecule is CCOC(=O)C1CCCCN1Cc1ccc(Br)cn1. The second-order valence-corrected chi connectivity index (χ2v) is 5.62. The number of esters is 1. The van der Waals surface area contributed by atoms with Crippen molar-refractivity contribution in [2.45, 2.75) is 38.8 Å². The monoisotopic (exact) mass is 326 g/mol. The second kappa shape index (κ2) is 7.01. The van der Waals surface area contributed by atoms with E-state index in [9.17, 15) is 4.79 Å². The minimum atomic E-state index is -0.112. The molecule has 104 valence electrons. The van der Waals surface area contributed by atoms with Crippen LogP contribution in [-0.4, -0.2) is 35.0 Å².